The summed E-state index contributed by atoms with van der Waals surface area (Å²) in [5.41, 5.74) is -0.251. The molecule has 2 amide bonds. The van der Waals surface area contributed by atoms with Gasteiger partial charge in [-0.1, -0.05) is 12.1 Å². The number of hydrogen-bond donors (Lipinski definition) is 0. The van der Waals surface area contributed by atoms with E-state index >= 15 is 0 Å². The molecule has 2 heterocycles. The predicted molar refractivity (Wildman–Crippen MR) is 93.2 cm³/mol. The van der Waals surface area contributed by atoms with Gasteiger partial charge in [-0.2, -0.15) is 17.6 Å². The molecule has 0 N–H and O–H groups in total. The molecule has 1 aliphatic rings. The van der Waals surface area contributed by atoms with E-state index in [1.54, 1.807) is 6.07 Å². The van der Waals surface area contributed by atoms with Gasteiger partial charge < -0.3 is 19.0 Å². The van der Waals surface area contributed by atoms with Gasteiger partial charge in [-0.25, -0.2) is 0 Å². The number of alkyl halides is 4. The van der Waals surface area contributed by atoms with Crippen LogP contribution in [0.3, 0.4) is 0 Å². The fourth-order valence-electron chi connectivity index (χ4n) is 2.97. The zero-order valence-electron chi connectivity index (χ0n) is 15.2. The van der Waals surface area contributed by atoms with Crippen LogP contribution in [0.15, 0.2) is 47.1 Å². The van der Waals surface area contributed by atoms with Crippen molar-refractivity contribution in [2.75, 3.05) is 26.2 Å². The summed E-state index contributed by atoms with van der Waals surface area (Å²) in [6, 6.07) is 8.12. The summed E-state index contributed by atoms with van der Waals surface area (Å²) in [7, 11) is 0. The number of para-hydroxylation sites is 1. The number of nitrogens with zero attached hydrogens (tertiary/aromatic N) is 2. The zero-order valence-corrected chi connectivity index (χ0v) is 15.2. The molecule has 0 saturated carbocycles. The van der Waals surface area contributed by atoms with Crippen LogP contribution >= 0.6 is 0 Å². The lowest BCUT2D eigenvalue weighted by molar-refractivity contribution is -0.253. The van der Waals surface area contributed by atoms with Crippen molar-refractivity contribution >= 4 is 11.8 Å². The Bertz CT molecular complexity index is 858. The molecular weight excluding hydrogens is 396 g/mol. The number of furan rings is 1. The molecule has 0 unspecified atom stereocenters. The van der Waals surface area contributed by atoms with Crippen molar-refractivity contribution < 1.29 is 36.3 Å². The molecule has 2 aromatic rings. The Morgan fingerprint density at radius 2 is 1.62 bits per heavy atom. The standard InChI is InChI=1S/C19H18F4N2O4/c20-18(21)19(22,23)29-14-6-2-1-5-13(14)16(26)24-8-4-9-25(11-10-24)17(27)15-7-3-12-28-15/h1-3,5-7,12,18H,4,8-11H2. The minimum atomic E-state index is -4.72. The summed E-state index contributed by atoms with van der Waals surface area (Å²) in [4.78, 5) is 28.1. The van der Waals surface area contributed by atoms with Crippen LogP contribution in [0.5, 0.6) is 5.75 Å². The zero-order chi connectivity index (χ0) is 21.0. The first-order valence-electron chi connectivity index (χ1n) is 8.85. The Hall–Kier alpha value is -3.04. The number of carbonyl (C=O) groups excluding carboxylic acids is 2. The van der Waals surface area contributed by atoms with Crippen LogP contribution in [0.25, 0.3) is 0 Å². The summed E-state index contributed by atoms with van der Waals surface area (Å²) < 4.78 is 60.8. The minimum Gasteiger partial charge on any atom is -0.459 e. The van der Waals surface area contributed by atoms with E-state index in [-0.39, 0.29) is 36.9 Å². The van der Waals surface area contributed by atoms with Crippen LogP contribution in [0, 0.1) is 0 Å². The summed E-state index contributed by atoms with van der Waals surface area (Å²) in [5, 5.41) is 0. The van der Waals surface area contributed by atoms with E-state index in [2.05, 4.69) is 4.74 Å². The molecule has 0 radical (unpaired) electrons. The Morgan fingerprint density at radius 1 is 0.966 bits per heavy atom. The average Bonchev–Trinajstić information content (AvgIpc) is 3.11. The van der Waals surface area contributed by atoms with Gasteiger partial charge in [0, 0.05) is 26.2 Å². The van der Waals surface area contributed by atoms with Crippen LogP contribution in [0.2, 0.25) is 0 Å². The molecule has 0 bridgehead atoms. The van der Waals surface area contributed by atoms with Gasteiger partial charge in [-0.15, -0.1) is 0 Å². The van der Waals surface area contributed by atoms with Gasteiger partial charge in [0.25, 0.3) is 11.8 Å². The topological polar surface area (TPSA) is 63.0 Å². The predicted octanol–water partition coefficient (Wildman–Crippen LogP) is 3.50. The number of amides is 2. The Morgan fingerprint density at radius 3 is 2.24 bits per heavy atom. The summed E-state index contributed by atoms with van der Waals surface area (Å²) in [6.45, 7) is 0.998. The van der Waals surface area contributed by atoms with Gasteiger partial charge in [-0.05, 0) is 30.7 Å². The first kappa shape index (κ1) is 20.7. The molecule has 156 valence electrons. The SMILES string of the molecule is O=C(c1ccco1)N1CCCN(C(=O)c2ccccc2OC(F)(F)C(F)F)CC1. The van der Waals surface area contributed by atoms with Crippen molar-refractivity contribution in [2.45, 2.75) is 19.0 Å². The van der Waals surface area contributed by atoms with Crippen molar-refractivity contribution in [2.24, 2.45) is 0 Å². The second kappa shape index (κ2) is 8.54. The van der Waals surface area contributed by atoms with Crippen molar-refractivity contribution in [1.82, 2.24) is 9.80 Å². The maximum atomic E-state index is 13.3. The fraction of sp³-hybridized carbons (Fsp3) is 0.368. The molecule has 29 heavy (non-hydrogen) atoms. The first-order valence-corrected chi connectivity index (χ1v) is 8.85. The highest BCUT2D eigenvalue weighted by molar-refractivity contribution is 5.97. The highest BCUT2D eigenvalue weighted by Gasteiger charge is 2.44. The lowest BCUT2D eigenvalue weighted by atomic mass is 10.1. The van der Waals surface area contributed by atoms with Crippen molar-refractivity contribution in [3.05, 3.63) is 54.0 Å². The maximum absolute atomic E-state index is 13.3. The Kier molecular flexibility index (Phi) is 6.09. The number of carbonyl (C=O) groups is 2. The molecule has 10 heteroatoms. The monoisotopic (exact) mass is 414 g/mol. The largest absolute Gasteiger partial charge is 0.461 e. The second-order valence-corrected chi connectivity index (χ2v) is 6.38. The lowest BCUT2D eigenvalue weighted by Crippen LogP contribution is -2.38. The molecule has 0 spiro atoms. The first-order chi connectivity index (χ1) is 13.8. The quantitative estimate of drug-likeness (QED) is 0.703. The van der Waals surface area contributed by atoms with E-state index in [1.807, 2.05) is 0 Å². The van der Waals surface area contributed by atoms with E-state index in [4.69, 9.17) is 4.42 Å². The highest BCUT2D eigenvalue weighted by atomic mass is 19.3. The van der Waals surface area contributed by atoms with Crippen molar-refractivity contribution in [3.63, 3.8) is 0 Å². The third kappa shape index (κ3) is 4.69. The molecule has 1 saturated heterocycles. The summed E-state index contributed by atoms with van der Waals surface area (Å²) >= 11 is 0. The molecule has 1 aliphatic heterocycles. The van der Waals surface area contributed by atoms with Crippen molar-refractivity contribution in [1.29, 1.82) is 0 Å². The van der Waals surface area contributed by atoms with E-state index in [9.17, 15) is 27.2 Å². The van der Waals surface area contributed by atoms with Crippen LogP contribution in [-0.4, -0.2) is 60.3 Å². The molecule has 1 fully saturated rings. The summed E-state index contributed by atoms with van der Waals surface area (Å²) in [6.07, 6.45) is -6.92. The van der Waals surface area contributed by atoms with Gasteiger partial charge >= 0.3 is 12.5 Å². The number of halogens is 4. The Labute approximate surface area is 163 Å². The Balaban J connectivity index is 1.72. The number of ether oxygens (including phenoxy) is 1. The minimum absolute atomic E-state index is 0.144. The van der Waals surface area contributed by atoms with E-state index in [1.165, 1.54) is 40.3 Å². The number of benzene rings is 1. The second-order valence-electron chi connectivity index (χ2n) is 6.38. The third-order valence-electron chi connectivity index (χ3n) is 4.42. The summed E-state index contributed by atoms with van der Waals surface area (Å²) in [5.74, 6) is -1.41. The normalized spacial score (nSPS) is 15.3. The molecule has 0 aliphatic carbocycles. The molecule has 0 atom stereocenters. The van der Waals surface area contributed by atoms with Gasteiger partial charge in [-0.3, -0.25) is 9.59 Å². The fourth-order valence-corrected chi connectivity index (χ4v) is 2.97. The van der Waals surface area contributed by atoms with Crippen LogP contribution < -0.4 is 4.74 Å². The molecule has 1 aromatic carbocycles. The van der Waals surface area contributed by atoms with E-state index < -0.39 is 24.2 Å². The maximum Gasteiger partial charge on any atom is 0.461 e. The van der Waals surface area contributed by atoms with E-state index in [0.29, 0.717) is 13.0 Å². The molecule has 6 nitrogen and oxygen atoms in total. The van der Waals surface area contributed by atoms with Crippen LogP contribution in [-0.2, 0) is 0 Å². The van der Waals surface area contributed by atoms with Crippen LogP contribution in [0.1, 0.15) is 27.3 Å². The van der Waals surface area contributed by atoms with Crippen molar-refractivity contribution in [3.8, 4) is 5.75 Å². The third-order valence-corrected chi connectivity index (χ3v) is 4.42. The van der Waals surface area contributed by atoms with E-state index in [0.717, 1.165) is 6.07 Å². The number of hydrogen-bond acceptors (Lipinski definition) is 4. The smallest absolute Gasteiger partial charge is 0.459 e. The van der Waals surface area contributed by atoms with Gasteiger partial charge in [0.15, 0.2) is 5.76 Å². The highest BCUT2D eigenvalue weighted by Crippen LogP contribution is 2.30. The average molecular weight is 414 g/mol. The van der Waals surface area contributed by atoms with Gasteiger partial charge in [0.1, 0.15) is 5.75 Å². The molecular formula is C19H18F4N2O4. The molecule has 1 aromatic heterocycles. The van der Waals surface area contributed by atoms with Gasteiger partial charge in [0.2, 0.25) is 0 Å². The lowest BCUT2D eigenvalue weighted by Gasteiger charge is -2.24. The number of rotatable bonds is 5. The molecule has 3 rings (SSSR count). The van der Waals surface area contributed by atoms with Crippen LogP contribution in [0.4, 0.5) is 17.6 Å². The van der Waals surface area contributed by atoms with Gasteiger partial charge in [0.05, 0.1) is 11.8 Å².